The first-order valence-corrected chi connectivity index (χ1v) is 20.1. The van der Waals surface area contributed by atoms with Crippen molar-refractivity contribution in [3.8, 4) is 12.3 Å². The lowest BCUT2D eigenvalue weighted by Crippen LogP contribution is -2.27. The van der Waals surface area contributed by atoms with E-state index in [0.29, 0.717) is 44.3 Å². The molecule has 0 aliphatic heterocycles. The van der Waals surface area contributed by atoms with Crippen molar-refractivity contribution in [3.63, 3.8) is 0 Å². The molecule has 0 spiro atoms. The van der Waals surface area contributed by atoms with Crippen molar-refractivity contribution in [1.82, 2.24) is 33.3 Å². The summed E-state index contributed by atoms with van der Waals surface area (Å²) >= 11 is 24.1. The lowest BCUT2D eigenvalue weighted by atomic mass is 10.1. The largest absolute Gasteiger partial charge is 0.387 e. The van der Waals surface area contributed by atoms with Crippen molar-refractivity contribution in [1.29, 1.82) is 10.8 Å². The van der Waals surface area contributed by atoms with Crippen LogP contribution in [0.1, 0.15) is 34.6 Å². The van der Waals surface area contributed by atoms with E-state index in [1.165, 1.54) is 5.56 Å². The van der Waals surface area contributed by atoms with E-state index in [9.17, 15) is 10.2 Å². The van der Waals surface area contributed by atoms with Gasteiger partial charge in [-0.2, -0.15) is 0 Å². The third kappa shape index (κ3) is 9.34. The molecule has 2 atom stereocenters. The number of terminal acetylenes is 1. The van der Waals surface area contributed by atoms with Gasteiger partial charge in [0.15, 0.2) is 0 Å². The Kier molecular flexibility index (Phi) is 13.1. The summed E-state index contributed by atoms with van der Waals surface area (Å²) < 4.78 is 8.97. The number of hydrogen-bond donors (Lipinski definition) is 4. The zero-order valence-corrected chi connectivity index (χ0v) is 34.6. The Bertz CT molecular complexity index is 2910. The molecule has 8 rings (SSSR count). The molecule has 0 radical (unpaired) electrons. The van der Waals surface area contributed by atoms with Gasteiger partial charge in [0.1, 0.15) is 5.69 Å². The molecule has 0 bridgehead atoms. The second-order valence-electron chi connectivity index (χ2n) is 13.8. The summed E-state index contributed by atoms with van der Waals surface area (Å²) in [6, 6.07) is 35.7. The Morgan fingerprint density at radius 1 is 0.610 bits per heavy atom. The summed E-state index contributed by atoms with van der Waals surface area (Å²) in [5.41, 5.74) is 7.26. The minimum atomic E-state index is -0.850. The number of benzene rings is 5. The van der Waals surface area contributed by atoms with Gasteiger partial charge in [0.05, 0.1) is 86.7 Å². The van der Waals surface area contributed by atoms with Gasteiger partial charge >= 0.3 is 0 Å². The summed E-state index contributed by atoms with van der Waals surface area (Å²) in [6.45, 7) is 1.85. The van der Waals surface area contributed by atoms with Gasteiger partial charge in [-0.3, -0.25) is 20.1 Å². The number of aromatic nitrogens is 7. The standard InChI is InChI=1S/C26H24Cl2N6O.C18H15Cl2N3O/c27-21-11-10-19(14-22(21)28)25(35)17-34-24-9-5-4-8-23(24)33(26(34)29)16-20-15-32(31-30-20)13-12-18-6-2-1-3-7-18;1-2-9-22-15-5-3-4-6-16(15)23(18(22)21)11-17(24)12-7-8-13(19)14(20)10-12/h1-11,14-15,25,29,35H,12-13,16-17H2;1,3-8,10,17,21,24H,9,11H2. The Hall–Kier alpha value is -5.58. The van der Waals surface area contributed by atoms with Gasteiger partial charge in [-0.25, -0.2) is 0 Å². The smallest absolute Gasteiger partial charge is 0.203 e. The van der Waals surface area contributed by atoms with E-state index in [1.54, 1.807) is 50.1 Å². The molecular formula is C44H39Cl4N9O2. The number of imidazole rings is 2. The zero-order valence-electron chi connectivity index (χ0n) is 31.6. The van der Waals surface area contributed by atoms with Crippen LogP contribution in [0.5, 0.6) is 0 Å². The molecule has 11 nitrogen and oxygen atoms in total. The second kappa shape index (κ2) is 18.6. The Balaban J connectivity index is 0.000000192. The van der Waals surface area contributed by atoms with Crippen LogP contribution in [0.15, 0.2) is 121 Å². The van der Waals surface area contributed by atoms with Crippen LogP contribution in [0.4, 0.5) is 0 Å². The van der Waals surface area contributed by atoms with Crippen LogP contribution in [0, 0.1) is 23.2 Å². The predicted molar refractivity (Wildman–Crippen MR) is 233 cm³/mol. The summed E-state index contributed by atoms with van der Waals surface area (Å²) in [4.78, 5) is 0. The fourth-order valence-electron chi connectivity index (χ4n) is 6.94. The van der Waals surface area contributed by atoms with Gasteiger partial charge in [-0.05, 0) is 71.6 Å². The number of aliphatic hydroxyl groups is 2. The number of para-hydroxylation sites is 4. The van der Waals surface area contributed by atoms with Gasteiger partial charge in [0, 0.05) is 6.54 Å². The maximum atomic E-state index is 10.9. The summed E-state index contributed by atoms with van der Waals surface area (Å²) in [5.74, 6) is 2.56. The number of nitrogens with zero attached hydrogens (tertiary/aromatic N) is 7. The van der Waals surface area contributed by atoms with Crippen molar-refractivity contribution in [2.45, 2.75) is 51.4 Å². The first-order chi connectivity index (χ1) is 28.5. The fraction of sp³-hybridized carbons (Fsp3) is 0.182. The maximum Gasteiger partial charge on any atom is 0.203 e. The highest BCUT2D eigenvalue weighted by Gasteiger charge is 2.18. The average molecular weight is 868 g/mol. The number of rotatable bonds is 12. The lowest BCUT2D eigenvalue weighted by Gasteiger charge is -2.13. The van der Waals surface area contributed by atoms with E-state index in [2.05, 4.69) is 28.4 Å². The molecular weight excluding hydrogens is 828 g/mol. The van der Waals surface area contributed by atoms with Gasteiger partial charge in [-0.15, -0.1) is 11.5 Å². The molecule has 3 aromatic heterocycles. The van der Waals surface area contributed by atoms with E-state index in [0.717, 1.165) is 40.7 Å². The highest BCUT2D eigenvalue weighted by Crippen LogP contribution is 2.28. The van der Waals surface area contributed by atoms with E-state index in [4.69, 9.17) is 63.6 Å². The Labute approximate surface area is 359 Å². The zero-order chi connectivity index (χ0) is 41.6. The molecule has 8 aromatic rings. The van der Waals surface area contributed by atoms with Crippen LogP contribution in [-0.2, 0) is 39.1 Å². The van der Waals surface area contributed by atoms with E-state index >= 15 is 0 Å². The Morgan fingerprint density at radius 3 is 1.59 bits per heavy atom. The van der Waals surface area contributed by atoms with Gasteiger partial charge < -0.3 is 23.9 Å². The molecule has 5 aromatic carbocycles. The van der Waals surface area contributed by atoms with Crippen molar-refractivity contribution in [2.75, 3.05) is 0 Å². The molecule has 0 amide bonds. The van der Waals surface area contributed by atoms with Gasteiger partial charge in [0.2, 0.25) is 11.2 Å². The van der Waals surface area contributed by atoms with Gasteiger partial charge in [-0.1, -0.05) is 124 Å². The number of aliphatic hydroxyl groups excluding tert-OH is 2. The number of fused-ring (bicyclic) bond motifs is 2. The van der Waals surface area contributed by atoms with E-state index in [-0.39, 0.29) is 24.3 Å². The first kappa shape index (κ1) is 41.6. The lowest BCUT2D eigenvalue weighted by molar-refractivity contribution is 0.155. The Morgan fingerprint density at radius 2 is 1.08 bits per heavy atom. The van der Waals surface area contributed by atoms with Crippen molar-refractivity contribution >= 4 is 68.5 Å². The monoisotopic (exact) mass is 865 g/mol. The summed E-state index contributed by atoms with van der Waals surface area (Å²) in [5, 5.41) is 48.9. The molecule has 4 N–H and O–H groups in total. The second-order valence-corrected chi connectivity index (χ2v) is 15.4. The minimum Gasteiger partial charge on any atom is -0.387 e. The van der Waals surface area contributed by atoms with Crippen LogP contribution in [-0.4, -0.2) is 43.5 Å². The highest BCUT2D eigenvalue weighted by atomic mass is 35.5. The first-order valence-electron chi connectivity index (χ1n) is 18.6. The molecule has 300 valence electrons. The number of nitrogens with one attached hydrogen (secondary N) is 2. The molecule has 59 heavy (non-hydrogen) atoms. The van der Waals surface area contributed by atoms with E-state index in [1.807, 2.05) is 82.2 Å². The molecule has 0 saturated heterocycles. The van der Waals surface area contributed by atoms with Crippen LogP contribution in [0.25, 0.3) is 22.1 Å². The molecule has 0 fully saturated rings. The third-order valence-corrected chi connectivity index (χ3v) is 11.4. The van der Waals surface area contributed by atoms with Crippen LogP contribution < -0.4 is 11.2 Å². The molecule has 15 heteroatoms. The van der Waals surface area contributed by atoms with Crippen molar-refractivity contribution < 1.29 is 10.2 Å². The maximum absolute atomic E-state index is 10.9. The van der Waals surface area contributed by atoms with Crippen molar-refractivity contribution in [2.24, 2.45) is 0 Å². The fourth-order valence-corrected chi connectivity index (χ4v) is 7.55. The summed E-state index contributed by atoms with van der Waals surface area (Å²) in [7, 11) is 0. The predicted octanol–water partition coefficient (Wildman–Crippen LogP) is 8.44. The average Bonchev–Trinajstić information content (AvgIpc) is 3.89. The minimum absolute atomic E-state index is 0.202. The van der Waals surface area contributed by atoms with Crippen LogP contribution in [0.3, 0.4) is 0 Å². The van der Waals surface area contributed by atoms with Crippen LogP contribution in [0.2, 0.25) is 20.1 Å². The topological polar surface area (TPSA) is 139 Å². The number of aryl methyl sites for hydroxylation is 2. The van der Waals surface area contributed by atoms with E-state index < -0.39 is 12.2 Å². The quantitative estimate of drug-likeness (QED) is 0.0917. The number of hydrogen-bond acceptors (Lipinski definition) is 6. The molecule has 0 aliphatic rings. The normalized spacial score (nSPS) is 12.3. The molecule has 3 heterocycles. The van der Waals surface area contributed by atoms with Gasteiger partial charge in [0.25, 0.3) is 0 Å². The molecule has 0 saturated carbocycles. The molecule has 2 unspecified atom stereocenters. The summed E-state index contributed by atoms with van der Waals surface area (Å²) in [6.07, 6.45) is 6.53. The third-order valence-electron chi connectivity index (χ3n) is 9.95. The number of halogens is 4. The molecule has 0 aliphatic carbocycles. The van der Waals surface area contributed by atoms with Crippen LogP contribution >= 0.6 is 46.4 Å². The highest BCUT2D eigenvalue weighted by molar-refractivity contribution is 6.42. The SMILES string of the molecule is C#CCn1c(=N)n(CC(O)c2ccc(Cl)c(Cl)c2)c2ccccc21.N=c1n(Cc2cn(CCc3ccccc3)nn2)c2ccccc2n1CC(O)c1ccc(Cl)c(Cl)c1. The van der Waals surface area contributed by atoms with Crippen molar-refractivity contribution in [3.05, 3.63) is 175 Å².